The van der Waals surface area contributed by atoms with E-state index in [2.05, 4.69) is 5.32 Å². The molecule has 3 atom stereocenters. The van der Waals surface area contributed by atoms with Gasteiger partial charge in [-0.1, -0.05) is 0 Å². The Morgan fingerprint density at radius 3 is 2.88 bits per heavy atom. The minimum absolute atomic E-state index is 0.0319. The summed E-state index contributed by atoms with van der Waals surface area (Å²) in [6, 6.07) is 0.107. The van der Waals surface area contributed by atoms with Crippen molar-refractivity contribution in [3.8, 4) is 0 Å². The van der Waals surface area contributed by atoms with Gasteiger partial charge in [-0.25, -0.2) is 4.79 Å². The number of methoxy groups -OCH3 is 1. The number of allylic oxidation sites excluding steroid dienone is 3. The zero-order valence-corrected chi connectivity index (χ0v) is 13.3. The van der Waals surface area contributed by atoms with Gasteiger partial charge in [0, 0.05) is 30.8 Å². The summed E-state index contributed by atoms with van der Waals surface area (Å²) in [7, 11) is 1.52. The summed E-state index contributed by atoms with van der Waals surface area (Å²) in [4.78, 5) is 25.7. The molecule has 0 aromatic rings. The number of fused-ring (bicyclic) bond motifs is 5. The molecule has 2 saturated heterocycles. The third-order valence-corrected chi connectivity index (χ3v) is 5.25. The van der Waals surface area contributed by atoms with Crippen LogP contribution in [0.2, 0.25) is 0 Å². The third-order valence-electron chi connectivity index (χ3n) is 5.25. The molecule has 128 valence electrons. The summed E-state index contributed by atoms with van der Waals surface area (Å²) in [6.07, 6.45) is -0.955. The number of ketones is 1. The van der Waals surface area contributed by atoms with E-state index in [9.17, 15) is 14.7 Å². The van der Waals surface area contributed by atoms with Crippen molar-refractivity contribution in [2.24, 2.45) is 11.5 Å². The van der Waals surface area contributed by atoms with E-state index in [-0.39, 0.29) is 35.7 Å². The highest BCUT2D eigenvalue weighted by Gasteiger charge is 2.70. The topological polar surface area (TPSA) is 150 Å². The van der Waals surface area contributed by atoms with Gasteiger partial charge in [0.1, 0.15) is 12.4 Å². The van der Waals surface area contributed by atoms with Gasteiger partial charge in [-0.3, -0.25) is 4.79 Å². The van der Waals surface area contributed by atoms with E-state index < -0.39 is 17.6 Å². The number of rotatable bonds is 3. The average Bonchev–Trinajstić information content (AvgIpc) is 3.16. The van der Waals surface area contributed by atoms with Crippen molar-refractivity contribution in [2.45, 2.75) is 24.7 Å². The van der Waals surface area contributed by atoms with Gasteiger partial charge in [-0.05, 0) is 6.92 Å². The lowest BCUT2D eigenvalue weighted by Crippen LogP contribution is -2.51. The van der Waals surface area contributed by atoms with Crippen LogP contribution < -0.4 is 16.8 Å². The summed E-state index contributed by atoms with van der Waals surface area (Å²) in [6.45, 7) is 1.93. The number of hydrogen-bond acceptors (Lipinski definition) is 8. The Morgan fingerprint density at radius 1 is 1.54 bits per heavy atom. The molecule has 4 aliphatic rings. The van der Waals surface area contributed by atoms with Crippen molar-refractivity contribution >= 4 is 11.9 Å². The van der Waals surface area contributed by atoms with Crippen LogP contribution in [0.3, 0.4) is 0 Å². The number of primary amides is 1. The highest BCUT2D eigenvalue weighted by molar-refractivity contribution is 6.14. The molecule has 0 saturated carbocycles. The van der Waals surface area contributed by atoms with E-state index in [1.807, 2.05) is 4.90 Å². The highest BCUT2D eigenvalue weighted by Crippen LogP contribution is 2.55. The molecule has 0 aromatic heterocycles. The monoisotopic (exact) mass is 334 g/mol. The fraction of sp³-hybridized carbons (Fsp3) is 0.467. The molecule has 4 rings (SSSR count). The Bertz CT molecular complexity index is 783. The van der Waals surface area contributed by atoms with Crippen LogP contribution in [0.15, 0.2) is 33.9 Å². The van der Waals surface area contributed by atoms with Crippen LogP contribution in [0.25, 0.3) is 0 Å². The predicted octanol–water partition coefficient (Wildman–Crippen LogP) is -1.02. The van der Waals surface area contributed by atoms with Crippen molar-refractivity contribution in [1.29, 1.82) is 0 Å². The second-order valence-electron chi connectivity index (χ2n) is 6.29. The quantitative estimate of drug-likeness (QED) is 0.479. The van der Waals surface area contributed by atoms with Crippen LogP contribution in [-0.4, -0.2) is 60.0 Å². The fourth-order valence-corrected chi connectivity index (χ4v) is 4.06. The number of piperazine rings is 1. The number of hydrogen-bond donors (Lipinski definition) is 4. The molecule has 0 spiro atoms. The number of aliphatic hydroxyl groups excluding tert-OH is 1. The minimum Gasteiger partial charge on any atom is -0.505 e. The van der Waals surface area contributed by atoms with Crippen molar-refractivity contribution in [3.05, 3.63) is 33.9 Å². The van der Waals surface area contributed by atoms with Crippen molar-refractivity contribution in [2.75, 3.05) is 20.3 Å². The maximum absolute atomic E-state index is 12.8. The van der Waals surface area contributed by atoms with Gasteiger partial charge in [0.25, 0.3) is 0 Å². The molecule has 1 aliphatic carbocycles. The predicted molar refractivity (Wildman–Crippen MR) is 81.3 cm³/mol. The van der Waals surface area contributed by atoms with E-state index in [0.29, 0.717) is 23.4 Å². The van der Waals surface area contributed by atoms with Crippen LogP contribution in [-0.2, 0) is 14.3 Å². The van der Waals surface area contributed by atoms with E-state index >= 15 is 0 Å². The number of ether oxygens (including phenoxy) is 2. The zero-order chi connectivity index (χ0) is 17.4. The van der Waals surface area contributed by atoms with Crippen molar-refractivity contribution < 1.29 is 24.2 Å². The average molecular weight is 334 g/mol. The number of nitrogens with zero attached hydrogens (tertiary/aromatic N) is 1. The standard InChI is InChI=1S/C15H18N4O5/c1-5-9(16)12(21)8-6(4-24-14(17)22)15(23-2)13-7(18-13)3-19(15)10(8)11(5)20/h7,13,18,20H,3-4,16H2,1-2H3,(H2,17,22)/t7-,13-,15+/m0/s1. The molecular weight excluding hydrogens is 316 g/mol. The molecule has 1 amide bonds. The van der Waals surface area contributed by atoms with Gasteiger partial charge in [-0.2, -0.15) is 0 Å². The SMILES string of the molecule is CO[C@@]12C(COC(N)=O)=C3C(=O)C(N)=C(C)C(O)=C3N1C[C@@H]1N[C@@H]12. The summed E-state index contributed by atoms with van der Waals surface area (Å²) >= 11 is 0. The number of Topliss-reactive ketones (excluding diaryl/α,β-unsaturated/α-hetero) is 1. The Labute approximate surface area is 137 Å². The molecular formula is C15H18N4O5. The molecule has 3 heterocycles. The van der Waals surface area contributed by atoms with Crippen molar-refractivity contribution in [1.82, 2.24) is 10.2 Å². The first-order valence-electron chi connectivity index (χ1n) is 7.54. The van der Waals surface area contributed by atoms with Crippen LogP contribution in [0.1, 0.15) is 6.92 Å². The molecule has 2 fully saturated rings. The van der Waals surface area contributed by atoms with Crippen molar-refractivity contribution in [3.63, 3.8) is 0 Å². The molecule has 0 radical (unpaired) electrons. The van der Waals surface area contributed by atoms with Gasteiger partial charge in [0.2, 0.25) is 5.78 Å². The second kappa shape index (κ2) is 4.52. The largest absolute Gasteiger partial charge is 0.505 e. The van der Waals surface area contributed by atoms with Gasteiger partial charge >= 0.3 is 6.09 Å². The molecule has 9 heteroatoms. The lowest BCUT2D eigenvalue weighted by atomic mass is 9.90. The van der Waals surface area contributed by atoms with E-state index in [0.717, 1.165) is 0 Å². The van der Waals surface area contributed by atoms with E-state index in [1.165, 1.54) is 7.11 Å². The molecule has 3 aliphatic heterocycles. The number of amides is 1. The maximum atomic E-state index is 12.8. The van der Waals surface area contributed by atoms with E-state index in [1.54, 1.807) is 6.92 Å². The molecule has 0 aromatic carbocycles. The molecule has 0 bridgehead atoms. The first-order valence-corrected chi connectivity index (χ1v) is 7.54. The summed E-state index contributed by atoms with van der Waals surface area (Å²) in [5.74, 6) is -0.467. The highest BCUT2D eigenvalue weighted by atomic mass is 16.6. The van der Waals surface area contributed by atoms with E-state index in [4.69, 9.17) is 20.9 Å². The lowest BCUT2D eigenvalue weighted by molar-refractivity contribution is -0.112. The van der Waals surface area contributed by atoms with Crippen LogP contribution in [0, 0.1) is 0 Å². The number of carbonyl (C=O) groups is 2. The minimum atomic E-state index is -1.00. The smallest absolute Gasteiger partial charge is 0.404 e. The fourth-order valence-electron chi connectivity index (χ4n) is 4.06. The van der Waals surface area contributed by atoms with Crippen LogP contribution in [0.4, 0.5) is 4.79 Å². The van der Waals surface area contributed by atoms with Gasteiger partial charge in [-0.15, -0.1) is 0 Å². The first-order chi connectivity index (χ1) is 11.3. The zero-order valence-electron chi connectivity index (χ0n) is 13.3. The van der Waals surface area contributed by atoms with Gasteiger partial charge in [0.05, 0.1) is 23.0 Å². The van der Waals surface area contributed by atoms with Gasteiger partial charge < -0.3 is 36.3 Å². The summed E-state index contributed by atoms with van der Waals surface area (Å²) in [5.41, 5.74) is 11.3. The third kappa shape index (κ3) is 1.55. The maximum Gasteiger partial charge on any atom is 0.404 e. The summed E-state index contributed by atoms with van der Waals surface area (Å²) in [5, 5.41) is 13.9. The number of nitrogens with two attached hydrogens (primary N) is 2. The Morgan fingerprint density at radius 2 is 2.25 bits per heavy atom. The summed E-state index contributed by atoms with van der Waals surface area (Å²) < 4.78 is 10.8. The normalized spacial score (nSPS) is 33.8. The molecule has 24 heavy (non-hydrogen) atoms. The molecule has 0 unspecified atom stereocenters. The molecule has 9 nitrogen and oxygen atoms in total. The Balaban J connectivity index is 1.94. The first kappa shape index (κ1) is 15.0. The number of nitrogens with one attached hydrogen (secondary N) is 1. The number of aliphatic hydroxyl groups is 1. The van der Waals surface area contributed by atoms with Crippen LogP contribution in [0.5, 0.6) is 0 Å². The lowest BCUT2D eigenvalue weighted by Gasteiger charge is -2.37. The molecule has 6 N–H and O–H groups in total. The van der Waals surface area contributed by atoms with Crippen LogP contribution >= 0.6 is 0 Å². The Kier molecular flexibility index (Phi) is 2.83. The number of carbonyl (C=O) groups excluding carboxylic acids is 2. The Hall–Kier alpha value is -2.52. The second-order valence-corrected chi connectivity index (χ2v) is 6.29. The van der Waals surface area contributed by atoms with Gasteiger partial charge in [0.15, 0.2) is 5.72 Å².